The van der Waals surface area contributed by atoms with Crippen molar-refractivity contribution in [1.82, 2.24) is 0 Å². The molecule has 3 N–H and O–H groups in total. The van der Waals surface area contributed by atoms with E-state index in [-0.39, 0.29) is 17.6 Å². The molecular weight excluding hydrogens is 114 g/mol. The van der Waals surface area contributed by atoms with Crippen LogP contribution < -0.4 is 5.73 Å². The summed E-state index contributed by atoms with van der Waals surface area (Å²) in [6.07, 6.45) is 2.05. The Bertz CT molecular complexity index is 112. The maximum absolute atomic E-state index is 8.81. The molecule has 0 aromatic heterocycles. The first-order chi connectivity index (χ1) is 4.08. The summed E-state index contributed by atoms with van der Waals surface area (Å²) in [5, 5.41) is 8.81. The standard InChI is InChI=1S/C7H15NO/c1-3-6(2)4-7(6,8)5-9/h9H,3-5,8H2,1-2H3/t6-,7+/m0/s1. The van der Waals surface area contributed by atoms with Gasteiger partial charge >= 0.3 is 0 Å². The van der Waals surface area contributed by atoms with Crippen LogP contribution in [0.1, 0.15) is 26.7 Å². The first kappa shape index (κ1) is 7.03. The number of hydrogen-bond donors (Lipinski definition) is 2. The van der Waals surface area contributed by atoms with Crippen LogP contribution in [0, 0.1) is 5.41 Å². The molecular formula is C7H15NO. The third kappa shape index (κ3) is 0.775. The van der Waals surface area contributed by atoms with Gasteiger partial charge in [0.15, 0.2) is 0 Å². The number of rotatable bonds is 2. The Kier molecular flexibility index (Phi) is 1.33. The van der Waals surface area contributed by atoms with Crippen LogP contribution in [0.25, 0.3) is 0 Å². The van der Waals surface area contributed by atoms with Crippen molar-refractivity contribution in [2.24, 2.45) is 11.1 Å². The predicted molar refractivity (Wildman–Crippen MR) is 37.0 cm³/mol. The highest BCUT2D eigenvalue weighted by molar-refractivity contribution is 5.16. The molecule has 0 aliphatic heterocycles. The largest absolute Gasteiger partial charge is 0.394 e. The summed E-state index contributed by atoms with van der Waals surface area (Å²) in [7, 11) is 0. The first-order valence-electron chi connectivity index (χ1n) is 3.48. The summed E-state index contributed by atoms with van der Waals surface area (Å²) in [6.45, 7) is 4.38. The van der Waals surface area contributed by atoms with Crippen molar-refractivity contribution < 1.29 is 5.11 Å². The molecule has 2 heteroatoms. The highest BCUT2D eigenvalue weighted by atomic mass is 16.3. The van der Waals surface area contributed by atoms with Crippen molar-refractivity contribution in [1.29, 1.82) is 0 Å². The summed E-state index contributed by atoms with van der Waals surface area (Å²) < 4.78 is 0. The van der Waals surface area contributed by atoms with Gasteiger partial charge in [-0.25, -0.2) is 0 Å². The topological polar surface area (TPSA) is 46.2 Å². The van der Waals surface area contributed by atoms with Crippen LogP contribution in [0.15, 0.2) is 0 Å². The van der Waals surface area contributed by atoms with Crippen LogP contribution in [0.4, 0.5) is 0 Å². The molecule has 0 spiro atoms. The Hall–Kier alpha value is -0.0800. The van der Waals surface area contributed by atoms with Crippen LogP contribution in [0.2, 0.25) is 0 Å². The van der Waals surface area contributed by atoms with Crippen molar-refractivity contribution in [3.05, 3.63) is 0 Å². The van der Waals surface area contributed by atoms with E-state index in [2.05, 4.69) is 13.8 Å². The molecule has 1 saturated carbocycles. The van der Waals surface area contributed by atoms with Gasteiger partial charge < -0.3 is 10.8 Å². The van der Waals surface area contributed by atoms with E-state index in [1.165, 1.54) is 0 Å². The fourth-order valence-corrected chi connectivity index (χ4v) is 1.38. The Morgan fingerprint density at radius 2 is 2.22 bits per heavy atom. The van der Waals surface area contributed by atoms with E-state index < -0.39 is 0 Å². The highest BCUT2D eigenvalue weighted by Crippen LogP contribution is 2.55. The molecule has 0 aromatic carbocycles. The van der Waals surface area contributed by atoms with Crippen LogP contribution in [0.3, 0.4) is 0 Å². The zero-order valence-corrected chi connectivity index (χ0v) is 6.15. The van der Waals surface area contributed by atoms with Crippen molar-refractivity contribution in [3.8, 4) is 0 Å². The van der Waals surface area contributed by atoms with Crippen molar-refractivity contribution in [2.45, 2.75) is 32.2 Å². The van der Waals surface area contributed by atoms with Crippen LogP contribution in [0.5, 0.6) is 0 Å². The lowest BCUT2D eigenvalue weighted by molar-refractivity contribution is 0.227. The zero-order chi connectivity index (χ0) is 7.12. The second kappa shape index (κ2) is 1.70. The predicted octanol–water partition coefficient (Wildman–Crippen LogP) is 0.496. The van der Waals surface area contributed by atoms with Gasteiger partial charge in [-0.15, -0.1) is 0 Å². The van der Waals surface area contributed by atoms with Crippen molar-refractivity contribution >= 4 is 0 Å². The maximum atomic E-state index is 8.81. The minimum absolute atomic E-state index is 0.136. The minimum Gasteiger partial charge on any atom is -0.394 e. The number of aliphatic hydroxyl groups is 1. The molecule has 0 saturated heterocycles. The average Bonchev–Trinajstić information content (AvgIpc) is 2.39. The summed E-state index contributed by atoms with van der Waals surface area (Å²) in [5.41, 5.74) is 5.76. The molecule has 9 heavy (non-hydrogen) atoms. The van der Waals surface area contributed by atoms with Gasteiger partial charge in [0, 0.05) is 5.54 Å². The van der Waals surface area contributed by atoms with E-state index in [1.54, 1.807) is 0 Å². The Morgan fingerprint density at radius 3 is 2.33 bits per heavy atom. The molecule has 1 fully saturated rings. The minimum atomic E-state index is -0.248. The molecule has 0 unspecified atom stereocenters. The Balaban J connectivity index is 2.54. The van der Waals surface area contributed by atoms with E-state index in [0.717, 1.165) is 12.8 Å². The zero-order valence-electron chi connectivity index (χ0n) is 6.15. The lowest BCUT2D eigenvalue weighted by atomic mass is 10.0. The van der Waals surface area contributed by atoms with Crippen LogP contribution >= 0.6 is 0 Å². The third-order valence-corrected chi connectivity index (χ3v) is 2.85. The quantitative estimate of drug-likeness (QED) is 0.570. The highest BCUT2D eigenvalue weighted by Gasteiger charge is 2.59. The van der Waals surface area contributed by atoms with Crippen molar-refractivity contribution in [3.63, 3.8) is 0 Å². The van der Waals surface area contributed by atoms with Gasteiger partial charge in [-0.1, -0.05) is 13.8 Å². The van der Waals surface area contributed by atoms with Gasteiger partial charge in [0.05, 0.1) is 6.61 Å². The molecule has 0 amide bonds. The Labute approximate surface area is 56.1 Å². The monoisotopic (exact) mass is 129 g/mol. The molecule has 54 valence electrons. The van der Waals surface area contributed by atoms with Gasteiger partial charge in [-0.2, -0.15) is 0 Å². The molecule has 0 aromatic rings. The molecule has 2 nitrogen and oxygen atoms in total. The second-order valence-corrected chi connectivity index (χ2v) is 3.41. The lowest BCUT2D eigenvalue weighted by Gasteiger charge is -2.13. The molecule has 1 aliphatic carbocycles. The van der Waals surface area contributed by atoms with Crippen LogP contribution in [-0.2, 0) is 0 Å². The van der Waals surface area contributed by atoms with E-state index in [0.29, 0.717) is 0 Å². The number of aliphatic hydroxyl groups excluding tert-OH is 1. The van der Waals surface area contributed by atoms with Crippen molar-refractivity contribution in [2.75, 3.05) is 6.61 Å². The van der Waals surface area contributed by atoms with Gasteiger partial charge in [0.1, 0.15) is 0 Å². The van der Waals surface area contributed by atoms with E-state index in [1.807, 2.05) is 0 Å². The molecule has 0 radical (unpaired) electrons. The SMILES string of the molecule is CC[C@@]1(C)C[C@@]1(N)CO. The molecule has 1 aliphatic rings. The third-order valence-electron chi connectivity index (χ3n) is 2.85. The molecule has 2 atom stereocenters. The molecule has 0 bridgehead atoms. The number of nitrogens with two attached hydrogens (primary N) is 1. The average molecular weight is 129 g/mol. The first-order valence-corrected chi connectivity index (χ1v) is 3.48. The Morgan fingerprint density at radius 1 is 1.67 bits per heavy atom. The van der Waals surface area contributed by atoms with Gasteiger partial charge in [-0.3, -0.25) is 0 Å². The van der Waals surface area contributed by atoms with E-state index >= 15 is 0 Å². The van der Waals surface area contributed by atoms with Gasteiger partial charge in [-0.05, 0) is 18.3 Å². The maximum Gasteiger partial charge on any atom is 0.0616 e. The second-order valence-electron chi connectivity index (χ2n) is 3.41. The molecule has 1 rings (SSSR count). The summed E-state index contributed by atoms with van der Waals surface area (Å²) >= 11 is 0. The van der Waals surface area contributed by atoms with Gasteiger partial charge in [0.25, 0.3) is 0 Å². The fourth-order valence-electron chi connectivity index (χ4n) is 1.38. The number of hydrogen-bond acceptors (Lipinski definition) is 2. The summed E-state index contributed by atoms with van der Waals surface area (Å²) in [4.78, 5) is 0. The summed E-state index contributed by atoms with van der Waals surface area (Å²) in [5.74, 6) is 0. The van der Waals surface area contributed by atoms with Crippen LogP contribution in [-0.4, -0.2) is 17.3 Å². The smallest absolute Gasteiger partial charge is 0.0616 e. The summed E-state index contributed by atoms with van der Waals surface area (Å²) in [6, 6.07) is 0. The van der Waals surface area contributed by atoms with Gasteiger partial charge in [0.2, 0.25) is 0 Å². The van der Waals surface area contributed by atoms with E-state index in [4.69, 9.17) is 10.8 Å². The molecule has 0 heterocycles. The van der Waals surface area contributed by atoms with E-state index in [9.17, 15) is 0 Å². The normalized spacial score (nSPS) is 49.3. The lowest BCUT2D eigenvalue weighted by Crippen LogP contribution is -2.33. The fraction of sp³-hybridized carbons (Fsp3) is 1.00.